The number of amides is 2. The Hall–Kier alpha value is -3.41. The number of aromatic nitrogens is 4. The average Bonchev–Trinajstić information content (AvgIpc) is 3.36. The monoisotopic (exact) mass is 467 g/mol. The van der Waals surface area contributed by atoms with Crippen LogP contribution >= 0.6 is 11.6 Å². The van der Waals surface area contributed by atoms with Gasteiger partial charge in [-0.15, -0.1) is 0 Å². The number of pyridine rings is 1. The van der Waals surface area contributed by atoms with Crippen LogP contribution in [0.15, 0.2) is 30.7 Å². The first-order chi connectivity index (χ1) is 15.1. The second kappa shape index (κ2) is 8.26. The van der Waals surface area contributed by atoms with Crippen LogP contribution in [0.3, 0.4) is 0 Å². The molecule has 13 heteroatoms. The number of nitrogens with one attached hydrogen (secondary N) is 2. The van der Waals surface area contributed by atoms with E-state index in [4.69, 9.17) is 17.3 Å². The Morgan fingerprint density at radius 2 is 2.03 bits per heavy atom. The van der Waals surface area contributed by atoms with Crippen molar-refractivity contribution in [1.82, 2.24) is 25.3 Å². The molecule has 32 heavy (non-hydrogen) atoms. The molecule has 4 N–H and O–H groups in total. The number of primary amides is 1. The van der Waals surface area contributed by atoms with E-state index in [1.54, 1.807) is 12.3 Å². The minimum absolute atomic E-state index is 0.142. The highest BCUT2D eigenvalue weighted by Gasteiger charge is 2.42. The Kier molecular flexibility index (Phi) is 5.63. The standard InChI is InChI=1S/C19H17ClF3N7O2/c20-9-5-10-11(7-27-16(10)26-6-9)17-25-4-3-14(29-17)30-12(15(24)31)1-2-13(30)18(32)28-8-19(21,22)23/h3-7,12-13H,1-2,8H2,(H2,24,31)(H,26,27)(H,28,32)/t12-,13+/m0/s1. The number of anilines is 1. The lowest BCUT2D eigenvalue weighted by atomic mass is 10.2. The van der Waals surface area contributed by atoms with Crippen molar-refractivity contribution >= 4 is 40.3 Å². The number of nitrogens with two attached hydrogens (primary N) is 1. The van der Waals surface area contributed by atoms with Gasteiger partial charge < -0.3 is 20.9 Å². The molecule has 0 saturated carbocycles. The van der Waals surface area contributed by atoms with E-state index in [-0.39, 0.29) is 24.5 Å². The number of nitrogens with zero attached hydrogens (tertiary/aromatic N) is 4. The van der Waals surface area contributed by atoms with Crippen molar-refractivity contribution < 1.29 is 22.8 Å². The first kappa shape index (κ1) is 21.8. The van der Waals surface area contributed by atoms with E-state index >= 15 is 0 Å². The first-order valence-electron chi connectivity index (χ1n) is 9.52. The van der Waals surface area contributed by atoms with Crippen LogP contribution < -0.4 is 16.0 Å². The van der Waals surface area contributed by atoms with Crippen LogP contribution in [0.25, 0.3) is 22.4 Å². The molecule has 4 rings (SSSR count). The van der Waals surface area contributed by atoms with Gasteiger partial charge in [-0.1, -0.05) is 11.6 Å². The zero-order valence-electron chi connectivity index (χ0n) is 16.4. The molecular formula is C19H17ClF3N7O2. The highest BCUT2D eigenvalue weighted by molar-refractivity contribution is 6.31. The lowest BCUT2D eigenvalue weighted by molar-refractivity contribution is -0.139. The summed E-state index contributed by atoms with van der Waals surface area (Å²) in [7, 11) is 0. The number of hydrogen-bond donors (Lipinski definition) is 3. The summed E-state index contributed by atoms with van der Waals surface area (Å²) >= 11 is 6.04. The van der Waals surface area contributed by atoms with Crippen molar-refractivity contribution in [1.29, 1.82) is 0 Å². The molecule has 9 nitrogen and oxygen atoms in total. The molecule has 3 aromatic rings. The van der Waals surface area contributed by atoms with E-state index in [1.165, 1.54) is 23.4 Å². The molecule has 2 atom stereocenters. The molecule has 0 aromatic carbocycles. The number of aromatic amines is 1. The van der Waals surface area contributed by atoms with Crippen molar-refractivity contribution in [3.63, 3.8) is 0 Å². The predicted octanol–water partition coefficient (Wildman–Crippen LogP) is 2.17. The van der Waals surface area contributed by atoms with E-state index in [0.29, 0.717) is 21.6 Å². The fourth-order valence-corrected chi connectivity index (χ4v) is 3.92. The third kappa shape index (κ3) is 4.31. The van der Waals surface area contributed by atoms with E-state index in [9.17, 15) is 22.8 Å². The molecule has 168 valence electrons. The molecule has 0 unspecified atom stereocenters. The minimum Gasteiger partial charge on any atom is -0.368 e. The minimum atomic E-state index is -4.56. The molecule has 1 fully saturated rings. The SMILES string of the molecule is NC(=O)[C@@H]1CC[C@H](C(=O)NCC(F)(F)F)N1c1ccnc(-c2c[nH]c3ncc(Cl)cc23)n1. The molecule has 0 bridgehead atoms. The van der Waals surface area contributed by atoms with Gasteiger partial charge in [-0.25, -0.2) is 15.0 Å². The number of fused-ring (bicyclic) bond motifs is 1. The van der Waals surface area contributed by atoms with Gasteiger partial charge in [0.2, 0.25) is 11.8 Å². The number of rotatable bonds is 5. The number of halogens is 4. The summed E-state index contributed by atoms with van der Waals surface area (Å²) in [5, 5.41) is 2.93. The van der Waals surface area contributed by atoms with Crippen LogP contribution in [0.5, 0.6) is 0 Å². The third-order valence-electron chi connectivity index (χ3n) is 5.12. The second-order valence-electron chi connectivity index (χ2n) is 7.24. The molecule has 1 aliphatic heterocycles. The van der Waals surface area contributed by atoms with E-state index in [1.807, 2.05) is 5.32 Å². The molecule has 4 heterocycles. The van der Waals surface area contributed by atoms with Gasteiger partial charge in [-0.3, -0.25) is 9.59 Å². The van der Waals surface area contributed by atoms with Gasteiger partial charge in [0, 0.05) is 29.5 Å². The maximum Gasteiger partial charge on any atom is 0.405 e. The number of hydrogen-bond acceptors (Lipinski definition) is 6. The Morgan fingerprint density at radius 1 is 1.28 bits per heavy atom. The van der Waals surface area contributed by atoms with Crippen LogP contribution in [-0.4, -0.2) is 56.6 Å². The van der Waals surface area contributed by atoms with E-state index < -0.39 is 36.6 Å². The van der Waals surface area contributed by atoms with Gasteiger partial charge in [-0.05, 0) is 25.0 Å². The maximum absolute atomic E-state index is 12.6. The van der Waals surface area contributed by atoms with Gasteiger partial charge in [-0.2, -0.15) is 13.2 Å². The van der Waals surface area contributed by atoms with Gasteiger partial charge in [0.05, 0.1) is 5.02 Å². The third-order valence-corrected chi connectivity index (χ3v) is 5.33. The van der Waals surface area contributed by atoms with Crippen molar-refractivity contribution in [3.05, 3.63) is 35.7 Å². The fourth-order valence-electron chi connectivity index (χ4n) is 3.76. The maximum atomic E-state index is 12.6. The van der Waals surface area contributed by atoms with Crippen LogP contribution in [0.4, 0.5) is 19.0 Å². The normalized spacial score (nSPS) is 18.8. The molecule has 0 spiro atoms. The number of carbonyl (C=O) groups is 2. The molecule has 3 aromatic heterocycles. The van der Waals surface area contributed by atoms with Gasteiger partial charge in [0.25, 0.3) is 0 Å². The molecular weight excluding hydrogens is 451 g/mol. The Morgan fingerprint density at radius 3 is 2.75 bits per heavy atom. The highest BCUT2D eigenvalue weighted by Crippen LogP contribution is 2.32. The summed E-state index contributed by atoms with van der Waals surface area (Å²) in [6.07, 6.45) is 0.322. The quantitative estimate of drug-likeness (QED) is 0.527. The average molecular weight is 468 g/mol. The Balaban J connectivity index is 1.70. The Labute approximate surface area is 184 Å². The largest absolute Gasteiger partial charge is 0.405 e. The highest BCUT2D eigenvalue weighted by atomic mass is 35.5. The van der Waals surface area contributed by atoms with Crippen LogP contribution in [0.2, 0.25) is 5.02 Å². The first-order valence-corrected chi connectivity index (χ1v) is 9.90. The van der Waals surface area contributed by atoms with Crippen LogP contribution in [0, 0.1) is 0 Å². The number of carbonyl (C=O) groups excluding carboxylic acids is 2. The Bertz CT molecular complexity index is 1180. The van der Waals surface area contributed by atoms with E-state index in [0.717, 1.165) is 0 Å². The zero-order chi connectivity index (χ0) is 23.0. The fraction of sp³-hybridized carbons (Fsp3) is 0.316. The second-order valence-corrected chi connectivity index (χ2v) is 7.68. The molecule has 0 radical (unpaired) electrons. The van der Waals surface area contributed by atoms with Crippen molar-refractivity contribution in [2.75, 3.05) is 11.4 Å². The summed E-state index contributed by atoms with van der Waals surface area (Å²) in [4.78, 5) is 41.7. The predicted molar refractivity (Wildman–Crippen MR) is 110 cm³/mol. The summed E-state index contributed by atoms with van der Waals surface area (Å²) in [6, 6.07) is 1.20. The summed E-state index contributed by atoms with van der Waals surface area (Å²) in [5.41, 5.74) is 6.62. The van der Waals surface area contributed by atoms with Crippen molar-refractivity contribution in [3.8, 4) is 11.4 Å². The van der Waals surface area contributed by atoms with Crippen LogP contribution in [0.1, 0.15) is 12.8 Å². The van der Waals surface area contributed by atoms with Crippen LogP contribution in [-0.2, 0) is 9.59 Å². The zero-order valence-corrected chi connectivity index (χ0v) is 17.1. The van der Waals surface area contributed by atoms with Crippen molar-refractivity contribution in [2.45, 2.75) is 31.1 Å². The van der Waals surface area contributed by atoms with E-state index in [2.05, 4.69) is 19.9 Å². The topological polar surface area (TPSA) is 130 Å². The van der Waals surface area contributed by atoms with Gasteiger partial charge in [0.1, 0.15) is 30.1 Å². The lowest BCUT2D eigenvalue weighted by Crippen LogP contribution is -2.51. The summed E-state index contributed by atoms with van der Waals surface area (Å²) in [6.45, 7) is -1.48. The number of H-pyrrole nitrogens is 1. The molecule has 1 saturated heterocycles. The molecule has 0 aliphatic carbocycles. The smallest absolute Gasteiger partial charge is 0.368 e. The summed E-state index contributed by atoms with van der Waals surface area (Å²) in [5.74, 6) is -1.14. The van der Waals surface area contributed by atoms with Crippen molar-refractivity contribution in [2.24, 2.45) is 5.73 Å². The van der Waals surface area contributed by atoms with Gasteiger partial charge >= 0.3 is 6.18 Å². The van der Waals surface area contributed by atoms with Gasteiger partial charge in [0.15, 0.2) is 5.82 Å². The molecule has 1 aliphatic rings. The molecule has 2 amide bonds. The number of alkyl halides is 3. The lowest BCUT2D eigenvalue weighted by Gasteiger charge is -2.29. The summed E-state index contributed by atoms with van der Waals surface area (Å²) < 4.78 is 37.7.